The van der Waals surface area contributed by atoms with Crippen LogP contribution in [0.15, 0.2) is 18.2 Å². The van der Waals surface area contributed by atoms with E-state index in [1.54, 1.807) is 32.0 Å². The highest BCUT2D eigenvalue weighted by molar-refractivity contribution is 6.35. The quantitative estimate of drug-likeness (QED) is 0.844. The predicted molar refractivity (Wildman–Crippen MR) is 63.4 cm³/mol. The van der Waals surface area contributed by atoms with Crippen molar-refractivity contribution in [1.82, 2.24) is 0 Å². The number of rotatable bonds is 2. The fraction of sp³-hybridized carbons (Fsp3) is 0.300. The SMILES string of the molecule is CC(C)(N)C(=O)Nc1cc(Cl)ccc1Cl. The first-order chi connectivity index (χ1) is 6.80. The summed E-state index contributed by atoms with van der Waals surface area (Å²) < 4.78 is 0. The first-order valence-electron chi connectivity index (χ1n) is 4.36. The van der Waals surface area contributed by atoms with E-state index in [2.05, 4.69) is 5.32 Å². The smallest absolute Gasteiger partial charge is 0.243 e. The summed E-state index contributed by atoms with van der Waals surface area (Å²) in [4.78, 5) is 11.6. The second kappa shape index (κ2) is 4.39. The minimum Gasteiger partial charge on any atom is -0.323 e. The minimum absolute atomic E-state index is 0.313. The van der Waals surface area contributed by atoms with Gasteiger partial charge >= 0.3 is 0 Å². The van der Waals surface area contributed by atoms with E-state index in [9.17, 15) is 4.79 Å². The van der Waals surface area contributed by atoms with E-state index in [1.807, 2.05) is 0 Å². The molecule has 0 aromatic heterocycles. The van der Waals surface area contributed by atoms with E-state index in [-0.39, 0.29) is 5.91 Å². The third-order valence-electron chi connectivity index (χ3n) is 1.76. The Balaban J connectivity index is 2.90. The van der Waals surface area contributed by atoms with Crippen LogP contribution in [0.5, 0.6) is 0 Å². The molecule has 0 fully saturated rings. The molecule has 0 radical (unpaired) electrons. The summed E-state index contributed by atoms with van der Waals surface area (Å²) in [5, 5.41) is 3.54. The first kappa shape index (κ1) is 12.3. The van der Waals surface area contributed by atoms with Crippen molar-refractivity contribution in [3.63, 3.8) is 0 Å². The molecule has 82 valence electrons. The van der Waals surface area contributed by atoms with Gasteiger partial charge < -0.3 is 11.1 Å². The lowest BCUT2D eigenvalue weighted by atomic mass is 10.1. The lowest BCUT2D eigenvalue weighted by molar-refractivity contribution is -0.120. The molecule has 1 amide bonds. The van der Waals surface area contributed by atoms with Gasteiger partial charge in [0, 0.05) is 5.02 Å². The number of nitrogens with two attached hydrogens (primary N) is 1. The van der Waals surface area contributed by atoms with Crippen molar-refractivity contribution in [2.45, 2.75) is 19.4 Å². The summed E-state index contributed by atoms with van der Waals surface area (Å²) in [5.74, 6) is -0.313. The maximum absolute atomic E-state index is 11.6. The molecule has 0 aliphatic rings. The van der Waals surface area contributed by atoms with Gasteiger partial charge in [-0.15, -0.1) is 0 Å². The monoisotopic (exact) mass is 246 g/mol. The van der Waals surface area contributed by atoms with E-state index < -0.39 is 5.54 Å². The third kappa shape index (κ3) is 3.38. The van der Waals surface area contributed by atoms with Crippen LogP contribution in [0.1, 0.15) is 13.8 Å². The van der Waals surface area contributed by atoms with Crippen molar-refractivity contribution in [2.24, 2.45) is 5.73 Å². The van der Waals surface area contributed by atoms with Crippen LogP contribution in [-0.4, -0.2) is 11.4 Å². The Morgan fingerprint density at radius 3 is 2.53 bits per heavy atom. The zero-order valence-electron chi connectivity index (χ0n) is 8.47. The molecule has 0 aliphatic heterocycles. The Morgan fingerprint density at radius 1 is 1.40 bits per heavy atom. The van der Waals surface area contributed by atoms with Crippen LogP contribution in [0.25, 0.3) is 0 Å². The second-order valence-electron chi connectivity index (χ2n) is 3.80. The van der Waals surface area contributed by atoms with Gasteiger partial charge in [0.2, 0.25) is 5.91 Å². The summed E-state index contributed by atoms with van der Waals surface area (Å²) in [5.41, 5.74) is 5.14. The summed E-state index contributed by atoms with van der Waals surface area (Å²) in [7, 11) is 0. The maximum Gasteiger partial charge on any atom is 0.243 e. The van der Waals surface area contributed by atoms with E-state index >= 15 is 0 Å². The van der Waals surface area contributed by atoms with Crippen molar-refractivity contribution in [1.29, 1.82) is 0 Å². The number of halogens is 2. The number of carbonyl (C=O) groups is 1. The van der Waals surface area contributed by atoms with Gasteiger partial charge in [-0.2, -0.15) is 0 Å². The largest absolute Gasteiger partial charge is 0.323 e. The zero-order chi connectivity index (χ0) is 11.6. The van der Waals surface area contributed by atoms with E-state index in [0.717, 1.165) is 0 Å². The molecule has 0 bridgehead atoms. The number of hydrogen-bond acceptors (Lipinski definition) is 2. The normalized spacial score (nSPS) is 11.3. The summed E-state index contributed by atoms with van der Waals surface area (Å²) >= 11 is 11.6. The van der Waals surface area contributed by atoms with Crippen LogP contribution >= 0.6 is 23.2 Å². The van der Waals surface area contributed by atoms with E-state index in [1.165, 1.54) is 0 Å². The molecule has 0 heterocycles. The molecule has 5 heteroatoms. The van der Waals surface area contributed by atoms with Gasteiger partial charge in [0.15, 0.2) is 0 Å². The van der Waals surface area contributed by atoms with Crippen molar-refractivity contribution in [2.75, 3.05) is 5.32 Å². The van der Waals surface area contributed by atoms with Crippen molar-refractivity contribution in [3.05, 3.63) is 28.2 Å². The van der Waals surface area contributed by atoms with Crippen LogP contribution in [0.2, 0.25) is 10.0 Å². The van der Waals surface area contributed by atoms with Crippen LogP contribution < -0.4 is 11.1 Å². The van der Waals surface area contributed by atoms with Crippen LogP contribution in [0, 0.1) is 0 Å². The standard InChI is InChI=1S/C10H12Cl2N2O/c1-10(2,13)9(15)14-8-5-6(11)3-4-7(8)12/h3-5H,13H2,1-2H3,(H,14,15). The van der Waals surface area contributed by atoms with E-state index in [4.69, 9.17) is 28.9 Å². The van der Waals surface area contributed by atoms with E-state index in [0.29, 0.717) is 15.7 Å². The zero-order valence-corrected chi connectivity index (χ0v) is 9.99. The number of benzene rings is 1. The molecule has 3 N–H and O–H groups in total. The van der Waals surface area contributed by atoms with Gasteiger partial charge in [-0.1, -0.05) is 23.2 Å². The Morgan fingerprint density at radius 2 is 2.00 bits per heavy atom. The Hall–Kier alpha value is -0.770. The fourth-order valence-electron chi connectivity index (χ4n) is 0.877. The average molecular weight is 247 g/mol. The van der Waals surface area contributed by atoms with Gasteiger partial charge in [-0.25, -0.2) is 0 Å². The Labute approximate surface area is 98.5 Å². The molecule has 3 nitrogen and oxygen atoms in total. The third-order valence-corrected chi connectivity index (χ3v) is 2.33. The predicted octanol–water partition coefficient (Wildman–Crippen LogP) is 2.67. The first-order valence-corrected chi connectivity index (χ1v) is 5.11. The molecule has 15 heavy (non-hydrogen) atoms. The van der Waals surface area contributed by atoms with Gasteiger partial charge in [0.05, 0.1) is 16.2 Å². The lowest BCUT2D eigenvalue weighted by Crippen LogP contribution is -2.45. The summed E-state index contributed by atoms with van der Waals surface area (Å²) in [6.45, 7) is 3.22. The van der Waals surface area contributed by atoms with Crippen molar-refractivity contribution < 1.29 is 4.79 Å². The molecule has 0 saturated carbocycles. The molecule has 0 unspecified atom stereocenters. The maximum atomic E-state index is 11.6. The molecule has 1 rings (SSSR count). The highest BCUT2D eigenvalue weighted by Crippen LogP contribution is 2.25. The molecule has 1 aromatic carbocycles. The van der Waals surface area contributed by atoms with Crippen molar-refractivity contribution >= 4 is 34.8 Å². The average Bonchev–Trinajstić information content (AvgIpc) is 2.09. The Kier molecular flexibility index (Phi) is 3.60. The van der Waals surface area contributed by atoms with Gasteiger partial charge in [-0.3, -0.25) is 4.79 Å². The number of carbonyl (C=O) groups excluding carboxylic acids is 1. The number of amides is 1. The topological polar surface area (TPSA) is 55.1 Å². The highest BCUT2D eigenvalue weighted by atomic mass is 35.5. The summed E-state index contributed by atoms with van der Waals surface area (Å²) in [6.07, 6.45) is 0. The molecule has 0 atom stereocenters. The van der Waals surface area contributed by atoms with Gasteiger partial charge in [0.25, 0.3) is 0 Å². The highest BCUT2D eigenvalue weighted by Gasteiger charge is 2.22. The number of anilines is 1. The number of hydrogen-bond donors (Lipinski definition) is 2. The second-order valence-corrected chi connectivity index (χ2v) is 4.64. The molecule has 1 aromatic rings. The van der Waals surface area contributed by atoms with Crippen LogP contribution in [0.4, 0.5) is 5.69 Å². The molecular weight excluding hydrogens is 235 g/mol. The van der Waals surface area contributed by atoms with Crippen molar-refractivity contribution in [3.8, 4) is 0 Å². The number of nitrogens with one attached hydrogen (secondary N) is 1. The molecular formula is C10H12Cl2N2O. The summed E-state index contributed by atoms with van der Waals surface area (Å²) in [6, 6.07) is 4.84. The Bertz CT molecular complexity index is 385. The molecule has 0 spiro atoms. The van der Waals surface area contributed by atoms with Crippen LogP contribution in [-0.2, 0) is 4.79 Å². The lowest BCUT2D eigenvalue weighted by Gasteiger charge is -2.18. The minimum atomic E-state index is -0.953. The molecule has 0 aliphatic carbocycles. The molecule has 0 saturated heterocycles. The van der Waals surface area contributed by atoms with Gasteiger partial charge in [0.1, 0.15) is 0 Å². The van der Waals surface area contributed by atoms with Gasteiger partial charge in [-0.05, 0) is 32.0 Å². The fourth-order valence-corrected chi connectivity index (χ4v) is 1.21. The van der Waals surface area contributed by atoms with Crippen LogP contribution in [0.3, 0.4) is 0 Å².